The second-order valence-electron chi connectivity index (χ2n) is 2.05. The molecule has 0 unspecified atom stereocenters. The van der Waals surface area contributed by atoms with Gasteiger partial charge in [0.05, 0.1) is 10.3 Å². The second-order valence-corrected chi connectivity index (χ2v) is 4.15. The Labute approximate surface area is 67.4 Å². The van der Waals surface area contributed by atoms with Crippen LogP contribution in [0.2, 0.25) is 0 Å². The Morgan fingerprint density at radius 3 is 3.20 bits per heavy atom. The SMILES string of the molecule is O[C@H]1C=CSc2sccc21. The molecular weight excluding hydrogens is 164 g/mol. The Hall–Kier alpha value is -0.250. The summed E-state index contributed by atoms with van der Waals surface area (Å²) in [6.45, 7) is 0. The van der Waals surface area contributed by atoms with E-state index in [4.69, 9.17) is 0 Å². The molecule has 0 aliphatic carbocycles. The van der Waals surface area contributed by atoms with E-state index in [1.807, 2.05) is 16.9 Å². The van der Waals surface area contributed by atoms with Gasteiger partial charge in [-0.25, -0.2) is 0 Å². The van der Waals surface area contributed by atoms with Gasteiger partial charge in [-0.1, -0.05) is 11.8 Å². The number of rotatable bonds is 0. The molecule has 1 aliphatic rings. The predicted octanol–water partition coefficient (Wildman–Crippen LogP) is 2.40. The van der Waals surface area contributed by atoms with Gasteiger partial charge in [0.15, 0.2) is 0 Å². The molecule has 10 heavy (non-hydrogen) atoms. The average Bonchev–Trinajstić information content (AvgIpc) is 2.36. The molecule has 1 aliphatic heterocycles. The lowest BCUT2D eigenvalue weighted by atomic mass is 10.2. The maximum Gasteiger partial charge on any atom is 0.0999 e. The standard InChI is InChI=1S/C7H6OS2/c8-6-2-4-10-7-5(6)1-3-9-7/h1-4,6,8H/t6-/m0/s1. The Kier molecular flexibility index (Phi) is 1.56. The van der Waals surface area contributed by atoms with Gasteiger partial charge in [0.2, 0.25) is 0 Å². The predicted molar refractivity (Wildman–Crippen MR) is 44.3 cm³/mol. The average molecular weight is 170 g/mol. The summed E-state index contributed by atoms with van der Waals surface area (Å²) in [5.41, 5.74) is 1.05. The minimum absolute atomic E-state index is 0.373. The number of thiophene rings is 1. The fourth-order valence-corrected chi connectivity index (χ4v) is 2.79. The molecule has 0 saturated carbocycles. The molecule has 52 valence electrons. The fourth-order valence-electron chi connectivity index (χ4n) is 0.900. The van der Waals surface area contributed by atoms with Gasteiger partial charge in [0.1, 0.15) is 0 Å². The highest BCUT2D eigenvalue weighted by Crippen LogP contribution is 2.37. The first-order valence-electron chi connectivity index (χ1n) is 2.97. The summed E-state index contributed by atoms with van der Waals surface area (Å²) in [5, 5.41) is 13.3. The highest BCUT2D eigenvalue weighted by Gasteiger charge is 2.13. The van der Waals surface area contributed by atoms with Crippen molar-refractivity contribution in [2.24, 2.45) is 0 Å². The Bertz CT molecular complexity index is 264. The molecule has 0 radical (unpaired) electrons. The first-order valence-corrected chi connectivity index (χ1v) is 4.72. The van der Waals surface area contributed by atoms with Crippen LogP contribution in [0.4, 0.5) is 0 Å². The molecule has 0 bridgehead atoms. The van der Waals surface area contributed by atoms with Crippen LogP contribution in [0.25, 0.3) is 0 Å². The third-order valence-electron chi connectivity index (χ3n) is 1.41. The van der Waals surface area contributed by atoms with Crippen molar-refractivity contribution in [1.82, 2.24) is 0 Å². The summed E-state index contributed by atoms with van der Waals surface area (Å²) in [6.07, 6.45) is 1.43. The largest absolute Gasteiger partial charge is 0.384 e. The fraction of sp³-hybridized carbons (Fsp3) is 0.143. The van der Waals surface area contributed by atoms with Crippen molar-refractivity contribution in [3.63, 3.8) is 0 Å². The number of thioether (sulfide) groups is 1. The van der Waals surface area contributed by atoms with E-state index >= 15 is 0 Å². The molecule has 3 heteroatoms. The van der Waals surface area contributed by atoms with E-state index in [2.05, 4.69) is 0 Å². The van der Waals surface area contributed by atoms with Crippen molar-refractivity contribution in [2.75, 3.05) is 0 Å². The van der Waals surface area contributed by atoms with Gasteiger partial charge in [0.25, 0.3) is 0 Å². The van der Waals surface area contributed by atoms with Crippen molar-refractivity contribution in [1.29, 1.82) is 0 Å². The Morgan fingerprint density at radius 2 is 2.40 bits per heavy atom. The van der Waals surface area contributed by atoms with Gasteiger partial charge >= 0.3 is 0 Å². The Balaban J connectivity index is 2.48. The van der Waals surface area contributed by atoms with Gasteiger partial charge in [-0.15, -0.1) is 11.3 Å². The number of hydrogen-bond donors (Lipinski definition) is 1. The monoisotopic (exact) mass is 170 g/mol. The third-order valence-corrected chi connectivity index (χ3v) is 3.46. The first kappa shape index (κ1) is 6.46. The summed E-state index contributed by atoms with van der Waals surface area (Å²) in [4.78, 5) is 0. The van der Waals surface area contributed by atoms with Crippen LogP contribution in [0.15, 0.2) is 27.1 Å². The van der Waals surface area contributed by atoms with Crippen LogP contribution in [0, 0.1) is 0 Å². The lowest BCUT2D eigenvalue weighted by Gasteiger charge is -2.09. The maximum absolute atomic E-state index is 9.36. The molecule has 0 aromatic carbocycles. The van der Waals surface area contributed by atoms with Crippen LogP contribution >= 0.6 is 23.1 Å². The zero-order valence-corrected chi connectivity index (χ0v) is 6.78. The molecule has 0 amide bonds. The highest BCUT2D eigenvalue weighted by atomic mass is 32.2. The van der Waals surface area contributed by atoms with Crippen molar-refractivity contribution in [3.05, 3.63) is 28.5 Å². The summed E-state index contributed by atoms with van der Waals surface area (Å²) in [5.74, 6) is 0. The molecular formula is C7H6OS2. The van der Waals surface area contributed by atoms with E-state index in [0.717, 1.165) is 5.56 Å². The molecule has 2 heterocycles. The van der Waals surface area contributed by atoms with Crippen LogP contribution in [-0.4, -0.2) is 5.11 Å². The van der Waals surface area contributed by atoms with Crippen LogP contribution in [0.5, 0.6) is 0 Å². The van der Waals surface area contributed by atoms with Gasteiger partial charge < -0.3 is 5.11 Å². The molecule has 0 spiro atoms. The zero-order valence-electron chi connectivity index (χ0n) is 5.15. The Morgan fingerprint density at radius 1 is 1.50 bits per heavy atom. The van der Waals surface area contributed by atoms with Crippen molar-refractivity contribution in [2.45, 2.75) is 10.3 Å². The molecule has 2 rings (SSSR count). The van der Waals surface area contributed by atoms with Gasteiger partial charge in [-0.2, -0.15) is 0 Å². The molecule has 0 saturated heterocycles. The van der Waals surface area contributed by atoms with E-state index in [1.54, 1.807) is 29.2 Å². The molecule has 0 fully saturated rings. The molecule has 1 aromatic heterocycles. The summed E-state index contributed by atoms with van der Waals surface area (Å²) < 4.78 is 1.22. The van der Waals surface area contributed by atoms with Crippen molar-refractivity contribution >= 4 is 23.1 Å². The van der Waals surface area contributed by atoms with Gasteiger partial charge in [-0.05, 0) is 22.9 Å². The highest BCUT2D eigenvalue weighted by molar-refractivity contribution is 8.03. The van der Waals surface area contributed by atoms with Crippen LogP contribution in [0.1, 0.15) is 11.7 Å². The van der Waals surface area contributed by atoms with E-state index in [9.17, 15) is 5.11 Å². The van der Waals surface area contributed by atoms with Crippen LogP contribution < -0.4 is 0 Å². The lowest BCUT2D eigenvalue weighted by Crippen LogP contribution is -1.93. The minimum atomic E-state index is -0.373. The van der Waals surface area contributed by atoms with E-state index in [-0.39, 0.29) is 6.10 Å². The quantitative estimate of drug-likeness (QED) is 0.645. The normalized spacial score (nSPS) is 22.7. The number of aliphatic hydroxyl groups is 1. The number of aliphatic hydroxyl groups excluding tert-OH is 1. The second kappa shape index (κ2) is 2.42. The first-order chi connectivity index (χ1) is 4.88. The molecule has 1 nitrogen and oxygen atoms in total. The van der Waals surface area contributed by atoms with Crippen molar-refractivity contribution in [3.8, 4) is 0 Å². The third kappa shape index (κ3) is 0.905. The number of fused-ring (bicyclic) bond motifs is 1. The minimum Gasteiger partial charge on any atom is -0.384 e. The van der Waals surface area contributed by atoms with Crippen LogP contribution in [-0.2, 0) is 0 Å². The lowest BCUT2D eigenvalue weighted by molar-refractivity contribution is 0.226. The van der Waals surface area contributed by atoms with Gasteiger partial charge in [0, 0.05) is 5.56 Å². The van der Waals surface area contributed by atoms with E-state index < -0.39 is 0 Å². The molecule has 1 N–H and O–H groups in total. The summed E-state index contributed by atoms with van der Waals surface area (Å²) in [7, 11) is 0. The topological polar surface area (TPSA) is 20.2 Å². The maximum atomic E-state index is 9.36. The molecule has 1 aromatic rings. The smallest absolute Gasteiger partial charge is 0.0999 e. The van der Waals surface area contributed by atoms with E-state index in [0.29, 0.717) is 0 Å². The number of hydrogen-bond acceptors (Lipinski definition) is 3. The molecule has 1 atom stereocenters. The van der Waals surface area contributed by atoms with Gasteiger partial charge in [-0.3, -0.25) is 0 Å². The zero-order chi connectivity index (χ0) is 6.97. The summed E-state index contributed by atoms with van der Waals surface area (Å²) >= 11 is 3.36. The van der Waals surface area contributed by atoms with E-state index in [1.165, 1.54) is 4.21 Å². The van der Waals surface area contributed by atoms with Crippen molar-refractivity contribution < 1.29 is 5.11 Å². The summed E-state index contributed by atoms with van der Waals surface area (Å²) in [6, 6.07) is 1.97. The van der Waals surface area contributed by atoms with Crippen LogP contribution in [0.3, 0.4) is 0 Å².